The first kappa shape index (κ1) is 18.2. The van der Waals surface area contributed by atoms with Crippen LogP contribution in [-0.4, -0.2) is 36.7 Å². The Morgan fingerprint density at radius 1 is 1.16 bits per heavy atom. The van der Waals surface area contributed by atoms with Crippen molar-refractivity contribution < 1.29 is 24.3 Å². The van der Waals surface area contributed by atoms with Crippen LogP contribution in [0.5, 0.6) is 11.5 Å². The normalized spacial score (nSPS) is 11.5. The number of hydrogen-bond acceptors (Lipinski definition) is 6. The highest BCUT2D eigenvalue weighted by Crippen LogP contribution is 2.27. The Kier molecular flexibility index (Phi) is 5.91. The molecule has 0 saturated heterocycles. The number of nitro benzene ring substituents is 1. The number of benzene rings is 2. The van der Waals surface area contributed by atoms with Gasteiger partial charge in [0, 0.05) is 24.2 Å². The summed E-state index contributed by atoms with van der Waals surface area (Å²) in [4.78, 5) is 22.3. The molecular formula is C17H18N2O6. The number of carbonyl (C=O) groups is 1. The Hall–Kier alpha value is -3.13. The second kappa shape index (κ2) is 8.11. The molecule has 0 spiro atoms. The molecule has 2 N–H and O–H groups in total. The maximum absolute atomic E-state index is 12.2. The molecule has 0 fully saturated rings. The van der Waals surface area contributed by atoms with Gasteiger partial charge in [-0.25, -0.2) is 0 Å². The molecule has 0 heterocycles. The van der Waals surface area contributed by atoms with Crippen molar-refractivity contribution in [2.24, 2.45) is 0 Å². The van der Waals surface area contributed by atoms with Gasteiger partial charge in [-0.1, -0.05) is 0 Å². The molecule has 8 heteroatoms. The van der Waals surface area contributed by atoms with Crippen LogP contribution in [0.15, 0.2) is 42.5 Å². The number of ether oxygens (including phenoxy) is 2. The monoisotopic (exact) mass is 346 g/mol. The predicted octanol–water partition coefficient (Wildman–Crippen LogP) is 2.08. The van der Waals surface area contributed by atoms with Gasteiger partial charge in [-0.05, 0) is 35.9 Å². The van der Waals surface area contributed by atoms with Crippen molar-refractivity contribution >= 4 is 11.6 Å². The molecule has 0 radical (unpaired) electrons. The van der Waals surface area contributed by atoms with E-state index in [9.17, 15) is 20.0 Å². The molecule has 0 unspecified atom stereocenters. The number of rotatable bonds is 7. The summed E-state index contributed by atoms with van der Waals surface area (Å²) >= 11 is 0. The molecule has 2 aromatic rings. The van der Waals surface area contributed by atoms with Gasteiger partial charge in [0.15, 0.2) is 11.5 Å². The molecule has 0 aliphatic heterocycles. The minimum Gasteiger partial charge on any atom is -0.493 e. The Morgan fingerprint density at radius 2 is 1.80 bits per heavy atom. The first-order chi connectivity index (χ1) is 12.0. The van der Waals surface area contributed by atoms with Gasteiger partial charge in [0.1, 0.15) is 0 Å². The van der Waals surface area contributed by atoms with Crippen molar-refractivity contribution in [3.63, 3.8) is 0 Å². The fraction of sp³-hybridized carbons (Fsp3) is 0.235. The van der Waals surface area contributed by atoms with E-state index >= 15 is 0 Å². The van der Waals surface area contributed by atoms with Crippen molar-refractivity contribution in [1.29, 1.82) is 0 Å². The van der Waals surface area contributed by atoms with E-state index in [2.05, 4.69) is 5.32 Å². The highest BCUT2D eigenvalue weighted by Gasteiger charge is 2.14. The molecule has 0 saturated carbocycles. The van der Waals surface area contributed by atoms with Gasteiger partial charge in [0.2, 0.25) is 0 Å². The second-order valence-corrected chi connectivity index (χ2v) is 5.14. The van der Waals surface area contributed by atoms with Crippen molar-refractivity contribution in [1.82, 2.24) is 5.32 Å². The third-order valence-electron chi connectivity index (χ3n) is 3.59. The van der Waals surface area contributed by atoms with E-state index in [1.807, 2.05) is 0 Å². The molecular weight excluding hydrogens is 328 g/mol. The van der Waals surface area contributed by atoms with Crippen molar-refractivity contribution in [2.75, 3.05) is 20.8 Å². The zero-order valence-corrected chi connectivity index (χ0v) is 13.8. The number of aliphatic hydroxyl groups is 1. The van der Waals surface area contributed by atoms with Crippen molar-refractivity contribution in [2.45, 2.75) is 6.10 Å². The van der Waals surface area contributed by atoms with Crippen LogP contribution in [0.2, 0.25) is 0 Å². The topological polar surface area (TPSA) is 111 Å². The summed E-state index contributed by atoms with van der Waals surface area (Å²) in [6.45, 7) is -0.0367. The molecule has 0 aromatic heterocycles. The van der Waals surface area contributed by atoms with Crippen LogP contribution in [0.4, 0.5) is 5.69 Å². The minimum atomic E-state index is -0.982. The summed E-state index contributed by atoms with van der Waals surface area (Å²) in [6.07, 6.45) is -0.982. The fourth-order valence-electron chi connectivity index (χ4n) is 2.20. The molecule has 0 aliphatic rings. The lowest BCUT2D eigenvalue weighted by atomic mass is 10.1. The first-order valence-electron chi connectivity index (χ1n) is 7.39. The van der Waals surface area contributed by atoms with Gasteiger partial charge < -0.3 is 19.9 Å². The lowest BCUT2D eigenvalue weighted by Gasteiger charge is -2.13. The number of carbonyl (C=O) groups excluding carboxylic acids is 1. The predicted molar refractivity (Wildman–Crippen MR) is 89.9 cm³/mol. The van der Waals surface area contributed by atoms with Crippen molar-refractivity contribution in [3.05, 3.63) is 63.7 Å². The SMILES string of the molecule is COc1ccc(C(=O)NC[C@@H](O)c2ccc([N+](=O)[O-])cc2)cc1OC. The highest BCUT2D eigenvalue weighted by molar-refractivity contribution is 5.94. The summed E-state index contributed by atoms with van der Waals surface area (Å²) < 4.78 is 10.3. The zero-order chi connectivity index (χ0) is 18.4. The Bertz CT molecular complexity index is 760. The van der Waals surface area contributed by atoms with E-state index in [0.29, 0.717) is 22.6 Å². The van der Waals surface area contributed by atoms with E-state index in [1.165, 1.54) is 44.6 Å². The van der Waals surface area contributed by atoms with E-state index in [1.54, 1.807) is 12.1 Å². The maximum atomic E-state index is 12.2. The second-order valence-electron chi connectivity index (χ2n) is 5.14. The average Bonchev–Trinajstić information content (AvgIpc) is 2.65. The van der Waals surface area contributed by atoms with Crippen LogP contribution in [0, 0.1) is 10.1 Å². The number of nitro groups is 1. The van der Waals surface area contributed by atoms with Crippen LogP contribution in [-0.2, 0) is 0 Å². The summed E-state index contributed by atoms with van der Waals surface area (Å²) in [5, 5.41) is 23.3. The van der Waals surface area contributed by atoms with Crippen LogP contribution in [0.25, 0.3) is 0 Å². The zero-order valence-electron chi connectivity index (χ0n) is 13.8. The summed E-state index contributed by atoms with van der Waals surface area (Å²) in [6, 6.07) is 10.2. The number of nitrogens with zero attached hydrogens (tertiary/aromatic N) is 1. The molecule has 0 aliphatic carbocycles. The number of nitrogens with one attached hydrogen (secondary N) is 1. The van der Waals surface area contributed by atoms with Crippen LogP contribution in [0.3, 0.4) is 0 Å². The standard InChI is InChI=1S/C17H18N2O6/c1-24-15-8-5-12(9-16(15)25-2)17(21)18-10-14(20)11-3-6-13(7-4-11)19(22)23/h3-9,14,20H,10H2,1-2H3,(H,18,21)/t14-/m1/s1. The lowest BCUT2D eigenvalue weighted by Crippen LogP contribution is -2.28. The van der Waals surface area contributed by atoms with Crippen molar-refractivity contribution in [3.8, 4) is 11.5 Å². The van der Waals surface area contributed by atoms with Gasteiger partial charge in [-0.3, -0.25) is 14.9 Å². The van der Waals surface area contributed by atoms with Crippen LogP contribution < -0.4 is 14.8 Å². The Morgan fingerprint density at radius 3 is 2.36 bits per heavy atom. The van der Waals surface area contributed by atoms with Gasteiger partial charge in [-0.15, -0.1) is 0 Å². The van der Waals surface area contributed by atoms with Gasteiger partial charge in [0.25, 0.3) is 11.6 Å². The third-order valence-corrected chi connectivity index (χ3v) is 3.59. The van der Waals surface area contributed by atoms with E-state index in [0.717, 1.165) is 0 Å². The quantitative estimate of drug-likeness (QED) is 0.586. The molecule has 25 heavy (non-hydrogen) atoms. The number of aliphatic hydroxyl groups excluding tert-OH is 1. The Balaban J connectivity index is 2.00. The number of hydrogen-bond donors (Lipinski definition) is 2. The molecule has 1 atom stereocenters. The summed E-state index contributed by atoms with van der Waals surface area (Å²) in [7, 11) is 2.97. The van der Waals surface area contributed by atoms with Gasteiger partial charge in [-0.2, -0.15) is 0 Å². The molecule has 132 valence electrons. The number of amides is 1. The minimum absolute atomic E-state index is 0.0367. The molecule has 2 aromatic carbocycles. The third kappa shape index (κ3) is 4.45. The highest BCUT2D eigenvalue weighted by atomic mass is 16.6. The van der Waals surface area contributed by atoms with E-state index < -0.39 is 11.0 Å². The summed E-state index contributed by atoms with van der Waals surface area (Å²) in [5.41, 5.74) is 0.761. The smallest absolute Gasteiger partial charge is 0.269 e. The van der Waals surface area contributed by atoms with Gasteiger partial charge >= 0.3 is 0 Å². The largest absolute Gasteiger partial charge is 0.493 e. The number of methoxy groups -OCH3 is 2. The van der Waals surface area contributed by atoms with Crippen LogP contribution >= 0.6 is 0 Å². The molecule has 2 rings (SSSR count). The molecule has 0 bridgehead atoms. The Labute approximate surface area is 144 Å². The summed E-state index contributed by atoms with van der Waals surface area (Å²) in [5.74, 6) is 0.540. The van der Waals surface area contributed by atoms with Crippen LogP contribution in [0.1, 0.15) is 22.0 Å². The maximum Gasteiger partial charge on any atom is 0.269 e. The first-order valence-corrected chi connectivity index (χ1v) is 7.39. The lowest BCUT2D eigenvalue weighted by molar-refractivity contribution is -0.384. The van der Waals surface area contributed by atoms with E-state index in [-0.39, 0.29) is 18.1 Å². The molecule has 1 amide bonds. The molecule has 8 nitrogen and oxygen atoms in total. The fourth-order valence-corrected chi connectivity index (χ4v) is 2.20. The van der Waals surface area contributed by atoms with E-state index in [4.69, 9.17) is 9.47 Å². The number of non-ortho nitro benzene ring substituents is 1. The average molecular weight is 346 g/mol. The van der Waals surface area contributed by atoms with Gasteiger partial charge in [0.05, 0.1) is 25.2 Å².